The Hall–Kier alpha value is -1.06. The molecular formula is C15H24N2O. The Labute approximate surface area is 110 Å². The molecule has 0 spiro atoms. The van der Waals surface area contributed by atoms with Crippen molar-refractivity contribution in [3.05, 3.63) is 36.3 Å². The standard InChI is InChI=1S/C15H24N2O/c1-12(2)16-9-13(3)10-17(14-6-7-14)11-15-5-4-8-18-15/h4-5,8,12,14,16H,3,6-7,9-11H2,1-2H3. The van der Waals surface area contributed by atoms with Crippen LogP contribution in [0.15, 0.2) is 35.0 Å². The summed E-state index contributed by atoms with van der Waals surface area (Å²) in [7, 11) is 0. The molecule has 2 rings (SSSR count). The van der Waals surface area contributed by atoms with Gasteiger partial charge in [0.1, 0.15) is 5.76 Å². The van der Waals surface area contributed by atoms with Crippen molar-refractivity contribution >= 4 is 0 Å². The van der Waals surface area contributed by atoms with Gasteiger partial charge in [-0.2, -0.15) is 0 Å². The number of rotatable bonds is 8. The van der Waals surface area contributed by atoms with E-state index < -0.39 is 0 Å². The van der Waals surface area contributed by atoms with Crippen molar-refractivity contribution in [1.29, 1.82) is 0 Å². The zero-order valence-corrected chi connectivity index (χ0v) is 11.5. The molecule has 3 heteroatoms. The van der Waals surface area contributed by atoms with Gasteiger partial charge in [0.15, 0.2) is 0 Å². The second kappa shape index (κ2) is 6.21. The van der Waals surface area contributed by atoms with Gasteiger partial charge in [0.25, 0.3) is 0 Å². The molecule has 1 saturated carbocycles. The van der Waals surface area contributed by atoms with Crippen molar-refractivity contribution in [2.75, 3.05) is 13.1 Å². The van der Waals surface area contributed by atoms with Crippen LogP contribution in [0.5, 0.6) is 0 Å². The zero-order valence-electron chi connectivity index (χ0n) is 11.5. The summed E-state index contributed by atoms with van der Waals surface area (Å²) in [5.74, 6) is 1.05. The van der Waals surface area contributed by atoms with Gasteiger partial charge in [-0.1, -0.05) is 20.4 Å². The summed E-state index contributed by atoms with van der Waals surface area (Å²) in [4.78, 5) is 2.48. The molecule has 0 unspecified atom stereocenters. The highest BCUT2D eigenvalue weighted by Gasteiger charge is 2.29. The molecule has 1 aromatic heterocycles. The first-order valence-electron chi connectivity index (χ1n) is 6.81. The van der Waals surface area contributed by atoms with Gasteiger partial charge in [0.05, 0.1) is 12.8 Å². The molecule has 1 aliphatic rings. The highest BCUT2D eigenvalue weighted by Crippen LogP contribution is 2.28. The fourth-order valence-electron chi connectivity index (χ4n) is 2.05. The lowest BCUT2D eigenvalue weighted by molar-refractivity contribution is 0.251. The smallest absolute Gasteiger partial charge is 0.117 e. The normalized spacial score (nSPS) is 15.6. The summed E-state index contributed by atoms with van der Waals surface area (Å²) in [6.07, 6.45) is 4.37. The van der Waals surface area contributed by atoms with Gasteiger partial charge in [-0.3, -0.25) is 4.90 Å². The fraction of sp³-hybridized carbons (Fsp3) is 0.600. The largest absolute Gasteiger partial charge is 0.468 e. The van der Waals surface area contributed by atoms with Gasteiger partial charge in [-0.25, -0.2) is 0 Å². The molecule has 18 heavy (non-hydrogen) atoms. The Balaban J connectivity index is 1.81. The molecule has 0 amide bonds. The average molecular weight is 248 g/mol. The summed E-state index contributed by atoms with van der Waals surface area (Å²) >= 11 is 0. The minimum Gasteiger partial charge on any atom is -0.468 e. The van der Waals surface area contributed by atoms with Gasteiger partial charge < -0.3 is 9.73 Å². The van der Waals surface area contributed by atoms with E-state index in [0.29, 0.717) is 6.04 Å². The molecule has 0 aliphatic heterocycles. The van der Waals surface area contributed by atoms with Gasteiger partial charge in [0.2, 0.25) is 0 Å². The Bertz CT molecular complexity index is 366. The molecule has 3 nitrogen and oxygen atoms in total. The maximum absolute atomic E-state index is 5.43. The molecular weight excluding hydrogens is 224 g/mol. The minimum absolute atomic E-state index is 0.515. The van der Waals surface area contributed by atoms with Crippen LogP contribution in [0.2, 0.25) is 0 Å². The maximum atomic E-state index is 5.43. The first-order valence-corrected chi connectivity index (χ1v) is 6.81. The summed E-state index contributed by atoms with van der Waals surface area (Å²) in [6.45, 7) is 11.3. The predicted molar refractivity (Wildman–Crippen MR) is 74.4 cm³/mol. The van der Waals surface area contributed by atoms with Crippen LogP contribution in [-0.4, -0.2) is 30.1 Å². The van der Waals surface area contributed by atoms with Crippen LogP contribution in [0.1, 0.15) is 32.4 Å². The van der Waals surface area contributed by atoms with Gasteiger partial charge in [-0.05, 0) is 30.5 Å². The lowest BCUT2D eigenvalue weighted by Gasteiger charge is -2.22. The quantitative estimate of drug-likeness (QED) is 0.717. The van der Waals surface area contributed by atoms with Gasteiger partial charge in [0, 0.05) is 25.2 Å². The molecule has 0 aromatic carbocycles. The van der Waals surface area contributed by atoms with Crippen molar-refractivity contribution < 1.29 is 4.42 Å². The van der Waals surface area contributed by atoms with E-state index in [1.807, 2.05) is 12.1 Å². The Morgan fingerprint density at radius 1 is 1.56 bits per heavy atom. The molecule has 1 aliphatic carbocycles. The third kappa shape index (κ3) is 4.31. The lowest BCUT2D eigenvalue weighted by atomic mass is 10.2. The van der Waals surface area contributed by atoms with E-state index in [4.69, 9.17) is 4.42 Å². The second-order valence-corrected chi connectivity index (χ2v) is 5.50. The van der Waals surface area contributed by atoms with Crippen LogP contribution in [-0.2, 0) is 6.54 Å². The number of hydrogen-bond donors (Lipinski definition) is 1. The van der Waals surface area contributed by atoms with Gasteiger partial charge >= 0.3 is 0 Å². The van der Waals surface area contributed by atoms with E-state index in [-0.39, 0.29) is 0 Å². The van der Waals surface area contributed by atoms with Gasteiger partial charge in [-0.15, -0.1) is 0 Å². The molecule has 100 valence electrons. The SMILES string of the molecule is C=C(CNC(C)C)CN(Cc1ccco1)C1CC1. The number of nitrogens with one attached hydrogen (secondary N) is 1. The lowest BCUT2D eigenvalue weighted by Crippen LogP contribution is -2.32. The monoisotopic (exact) mass is 248 g/mol. The molecule has 1 aromatic rings. The van der Waals surface area contributed by atoms with Crippen molar-refractivity contribution in [3.8, 4) is 0 Å². The fourth-order valence-corrected chi connectivity index (χ4v) is 2.05. The third-order valence-corrected chi connectivity index (χ3v) is 3.19. The summed E-state index contributed by atoms with van der Waals surface area (Å²) < 4.78 is 5.43. The average Bonchev–Trinajstić information content (AvgIpc) is 3.05. The van der Waals surface area contributed by atoms with Crippen LogP contribution in [0.4, 0.5) is 0 Å². The van der Waals surface area contributed by atoms with Crippen LogP contribution in [0.25, 0.3) is 0 Å². The summed E-state index contributed by atoms with van der Waals surface area (Å²) in [5.41, 5.74) is 1.25. The molecule has 0 saturated heterocycles. The summed E-state index contributed by atoms with van der Waals surface area (Å²) in [6, 6.07) is 5.24. The van der Waals surface area contributed by atoms with E-state index in [9.17, 15) is 0 Å². The second-order valence-electron chi connectivity index (χ2n) is 5.50. The maximum Gasteiger partial charge on any atom is 0.117 e. The van der Waals surface area contributed by atoms with Crippen LogP contribution in [0, 0.1) is 0 Å². The highest BCUT2D eigenvalue weighted by molar-refractivity contribution is 5.05. The number of nitrogens with zero attached hydrogens (tertiary/aromatic N) is 1. The zero-order chi connectivity index (χ0) is 13.0. The van der Waals surface area contributed by atoms with Crippen molar-refractivity contribution in [2.24, 2.45) is 0 Å². The van der Waals surface area contributed by atoms with E-state index in [2.05, 4.69) is 30.6 Å². The Morgan fingerprint density at radius 3 is 2.89 bits per heavy atom. The predicted octanol–water partition coefficient (Wildman–Crippen LogP) is 2.80. The molecule has 1 fully saturated rings. The first kappa shape index (κ1) is 13.4. The molecule has 0 atom stereocenters. The van der Waals surface area contributed by atoms with E-state index in [1.54, 1.807) is 6.26 Å². The van der Waals surface area contributed by atoms with E-state index in [0.717, 1.165) is 31.4 Å². The van der Waals surface area contributed by atoms with Crippen LogP contribution in [0.3, 0.4) is 0 Å². The summed E-state index contributed by atoms with van der Waals surface area (Å²) in [5, 5.41) is 3.42. The number of hydrogen-bond acceptors (Lipinski definition) is 3. The van der Waals surface area contributed by atoms with Crippen LogP contribution >= 0.6 is 0 Å². The van der Waals surface area contributed by atoms with Crippen molar-refractivity contribution in [2.45, 2.75) is 45.3 Å². The molecule has 1 N–H and O–H groups in total. The van der Waals surface area contributed by atoms with Crippen LogP contribution < -0.4 is 5.32 Å². The Kier molecular flexibility index (Phi) is 4.61. The number of furan rings is 1. The van der Waals surface area contributed by atoms with Crippen molar-refractivity contribution in [1.82, 2.24) is 10.2 Å². The molecule has 0 bridgehead atoms. The highest BCUT2D eigenvalue weighted by atomic mass is 16.3. The van der Waals surface area contributed by atoms with E-state index >= 15 is 0 Å². The topological polar surface area (TPSA) is 28.4 Å². The molecule has 1 heterocycles. The molecule has 0 radical (unpaired) electrons. The Morgan fingerprint density at radius 2 is 2.33 bits per heavy atom. The van der Waals surface area contributed by atoms with E-state index in [1.165, 1.54) is 18.4 Å². The minimum atomic E-state index is 0.515. The first-order chi connectivity index (χ1) is 8.65. The third-order valence-electron chi connectivity index (χ3n) is 3.19. The van der Waals surface area contributed by atoms with Crippen molar-refractivity contribution in [3.63, 3.8) is 0 Å².